The van der Waals surface area contributed by atoms with Crippen LogP contribution in [0.15, 0.2) is 84.9 Å². The maximum atomic E-state index is 12.3. The van der Waals surface area contributed by atoms with Crippen molar-refractivity contribution in [3.63, 3.8) is 0 Å². The Balaban J connectivity index is 1.54. The Morgan fingerprint density at radius 2 is 1.48 bits per heavy atom. The van der Waals surface area contributed by atoms with Gasteiger partial charge in [0, 0.05) is 5.56 Å². The molecule has 0 aliphatic heterocycles. The number of carbonyl (C=O) groups is 2. The molecule has 0 heterocycles. The summed E-state index contributed by atoms with van der Waals surface area (Å²) in [5, 5.41) is 9.13. The molecule has 0 radical (unpaired) electrons. The van der Waals surface area contributed by atoms with Crippen LogP contribution in [-0.2, 0) is 11.4 Å². The van der Waals surface area contributed by atoms with E-state index in [0.29, 0.717) is 23.7 Å². The molecule has 3 aromatic rings. The van der Waals surface area contributed by atoms with E-state index in [1.165, 1.54) is 13.8 Å². The first-order valence-corrected chi connectivity index (χ1v) is 9.85. The molecule has 158 valence electrons. The average molecular weight is 416 g/mol. The Kier molecular flexibility index (Phi) is 6.88. The van der Waals surface area contributed by atoms with Crippen LogP contribution in [0, 0.1) is 0 Å². The number of carboxylic acids is 1. The molecule has 5 heteroatoms. The van der Waals surface area contributed by atoms with Crippen molar-refractivity contribution in [3.8, 4) is 11.5 Å². The number of carboxylic acid groups (broad SMARTS) is 1. The number of hydrogen-bond donors (Lipinski definition) is 1. The van der Waals surface area contributed by atoms with Gasteiger partial charge in [-0.3, -0.25) is 4.79 Å². The summed E-state index contributed by atoms with van der Waals surface area (Å²) in [5.74, 6) is 0.0196. The summed E-state index contributed by atoms with van der Waals surface area (Å²) < 4.78 is 11.3. The highest BCUT2D eigenvalue weighted by atomic mass is 16.5. The summed E-state index contributed by atoms with van der Waals surface area (Å²) in [6.45, 7) is 3.33. The first kappa shape index (κ1) is 21.8. The zero-order chi connectivity index (χ0) is 22.3. The van der Waals surface area contributed by atoms with Crippen LogP contribution in [-0.4, -0.2) is 22.5 Å². The Morgan fingerprint density at radius 3 is 2.10 bits per heavy atom. The minimum Gasteiger partial charge on any atom is -0.489 e. The largest absolute Gasteiger partial charge is 0.489 e. The van der Waals surface area contributed by atoms with E-state index in [1.807, 2.05) is 42.5 Å². The van der Waals surface area contributed by atoms with E-state index >= 15 is 0 Å². The third-order valence-corrected chi connectivity index (χ3v) is 4.58. The normalized spacial score (nSPS) is 11.3. The smallest absolute Gasteiger partial charge is 0.347 e. The fourth-order valence-corrected chi connectivity index (χ4v) is 2.71. The van der Waals surface area contributed by atoms with Crippen LogP contribution in [0.5, 0.6) is 11.5 Å². The third kappa shape index (κ3) is 6.31. The number of hydrogen-bond acceptors (Lipinski definition) is 4. The van der Waals surface area contributed by atoms with Gasteiger partial charge < -0.3 is 14.6 Å². The Morgan fingerprint density at radius 1 is 0.871 bits per heavy atom. The highest BCUT2D eigenvalue weighted by Crippen LogP contribution is 2.21. The fourth-order valence-electron chi connectivity index (χ4n) is 2.71. The van der Waals surface area contributed by atoms with Gasteiger partial charge in [0.15, 0.2) is 11.4 Å². The zero-order valence-corrected chi connectivity index (χ0v) is 17.4. The minimum absolute atomic E-state index is 0.0738. The van der Waals surface area contributed by atoms with Crippen LogP contribution in [0.2, 0.25) is 0 Å². The van der Waals surface area contributed by atoms with Gasteiger partial charge in [-0.1, -0.05) is 48.5 Å². The van der Waals surface area contributed by atoms with E-state index in [4.69, 9.17) is 14.6 Å². The van der Waals surface area contributed by atoms with Gasteiger partial charge in [0.1, 0.15) is 18.1 Å². The molecule has 0 aliphatic rings. The lowest BCUT2D eigenvalue weighted by atomic mass is 10.1. The molecule has 0 unspecified atom stereocenters. The van der Waals surface area contributed by atoms with Crippen molar-refractivity contribution in [1.29, 1.82) is 0 Å². The minimum atomic E-state index is -1.30. The third-order valence-electron chi connectivity index (χ3n) is 4.58. The molecule has 0 aliphatic carbocycles. The molecule has 31 heavy (non-hydrogen) atoms. The van der Waals surface area contributed by atoms with E-state index in [0.717, 1.165) is 11.1 Å². The molecule has 3 rings (SSSR count). The molecule has 1 N–H and O–H groups in total. The fraction of sp³-hybridized carbons (Fsp3) is 0.154. The van der Waals surface area contributed by atoms with Crippen molar-refractivity contribution in [2.24, 2.45) is 0 Å². The van der Waals surface area contributed by atoms with E-state index in [1.54, 1.807) is 48.6 Å². The van der Waals surface area contributed by atoms with E-state index in [-0.39, 0.29) is 5.78 Å². The lowest BCUT2D eigenvalue weighted by Gasteiger charge is -2.21. The van der Waals surface area contributed by atoms with Crippen LogP contribution in [0.1, 0.15) is 35.3 Å². The van der Waals surface area contributed by atoms with Gasteiger partial charge in [-0.15, -0.1) is 0 Å². The Labute approximate surface area is 181 Å². The lowest BCUT2D eigenvalue weighted by molar-refractivity contribution is -0.152. The monoisotopic (exact) mass is 416 g/mol. The topological polar surface area (TPSA) is 72.8 Å². The number of rotatable bonds is 9. The summed E-state index contributed by atoms with van der Waals surface area (Å²) in [6.07, 6.45) is 3.35. The van der Waals surface area contributed by atoms with Gasteiger partial charge in [0.2, 0.25) is 0 Å². The highest BCUT2D eigenvalue weighted by molar-refractivity contribution is 6.06. The van der Waals surface area contributed by atoms with Crippen LogP contribution >= 0.6 is 0 Å². The van der Waals surface area contributed by atoms with Crippen molar-refractivity contribution >= 4 is 17.8 Å². The average Bonchev–Trinajstić information content (AvgIpc) is 2.78. The molecule has 5 nitrogen and oxygen atoms in total. The molecule has 0 saturated heterocycles. The summed E-state index contributed by atoms with van der Waals surface area (Å²) in [5.41, 5.74) is 1.17. The van der Waals surface area contributed by atoms with Crippen molar-refractivity contribution < 1.29 is 24.2 Å². The molecular formula is C26H24O5. The molecule has 0 saturated carbocycles. The number of allylic oxidation sites excluding steroid dienone is 1. The van der Waals surface area contributed by atoms with Crippen molar-refractivity contribution in [2.45, 2.75) is 26.1 Å². The van der Waals surface area contributed by atoms with Gasteiger partial charge in [-0.2, -0.15) is 0 Å². The molecule has 0 fully saturated rings. The first-order chi connectivity index (χ1) is 14.8. The van der Waals surface area contributed by atoms with Gasteiger partial charge in [-0.25, -0.2) is 4.79 Å². The van der Waals surface area contributed by atoms with E-state index in [9.17, 15) is 9.59 Å². The predicted octanol–water partition coefficient (Wildman–Crippen LogP) is 5.40. The standard InChI is InChI=1S/C26H24O5/c1-26(2,25(28)29)31-23-13-8-20(9-14-23)18-30-22-15-11-21(12-16-22)24(27)17-10-19-6-4-3-5-7-19/h3-17H,18H2,1-2H3,(H,28,29)/b17-10+. The number of aliphatic carboxylic acids is 1. The molecule has 0 spiro atoms. The summed E-state index contributed by atoms with van der Waals surface area (Å²) in [7, 11) is 0. The highest BCUT2D eigenvalue weighted by Gasteiger charge is 2.29. The number of benzene rings is 3. The number of carbonyl (C=O) groups excluding carboxylic acids is 1. The van der Waals surface area contributed by atoms with Crippen LogP contribution < -0.4 is 9.47 Å². The molecular weight excluding hydrogens is 392 g/mol. The number of ether oxygens (including phenoxy) is 2. The quantitative estimate of drug-likeness (QED) is 0.373. The second-order valence-corrected chi connectivity index (χ2v) is 7.48. The molecule has 0 amide bonds. The zero-order valence-electron chi connectivity index (χ0n) is 17.4. The van der Waals surface area contributed by atoms with Crippen LogP contribution in [0.3, 0.4) is 0 Å². The Hall–Kier alpha value is -3.86. The number of ketones is 1. The van der Waals surface area contributed by atoms with Crippen LogP contribution in [0.4, 0.5) is 0 Å². The second kappa shape index (κ2) is 9.76. The molecule has 0 aromatic heterocycles. The summed E-state index contributed by atoms with van der Waals surface area (Å²) >= 11 is 0. The summed E-state index contributed by atoms with van der Waals surface area (Å²) in [6, 6.07) is 23.7. The molecule has 3 aromatic carbocycles. The Bertz CT molecular complexity index is 1050. The predicted molar refractivity (Wildman–Crippen MR) is 119 cm³/mol. The second-order valence-electron chi connectivity index (χ2n) is 7.48. The van der Waals surface area contributed by atoms with Crippen molar-refractivity contribution in [2.75, 3.05) is 0 Å². The van der Waals surface area contributed by atoms with Gasteiger partial charge in [0.05, 0.1) is 0 Å². The maximum Gasteiger partial charge on any atom is 0.347 e. The maximum absolute atomic E-state index is 12.3. The van der Waals surface area contributed by atoms with Crippen molar-refractivity contribution in [3.05, 3.63) is 102 Å². The van der Waals surface area contributed by atoms with Crippen molar-refractivity contribution in [1.82, 2.24) is 0 Å². The van der Waals surface area contributed by atoms with Gasteiger partial charge in [0.25, 0.3) is 0 Å². The van der Waals surface area contributed by atoms with Gasteiger partial charge in [-0.05, 0) is 67.4 Å². The molecule has 0 bridgehead atoms. The summed E-state index contributed by atoms with van der Waals surface area (Å²) in [4.78, 5) is 23.5. The lowest BCUT2D eigenvalue weighted by Crippen LogP contribution is -2.37. The van der Waals surface area contributed by atoms with E-state index in [2.05, 4.69) is 0 Å². The van der Waals surface area contributed by atoms with Gasteiger partial charge >= 0.3 is 5.97 Å². The van der Waals surface area contributed by atoms with E-state index < -0.39 is 11.6 Å². The SMILES string of the molecule is CC(C)(Oc1ccc(COc2ccc(C(=O)/C=C/c3ccccc3)cc2)cc1)C(=O)O. The van der Waals surface area contributed by atoms with Crippen LogP contribution in [0.25, 0.3) is 6.08 Å². The molecule has 0 atom stereocenters. The first-order valence-electron chi connectivity index (χ1n) is 9.85.